The van der Waals surface area contributed by atoms with Gasteiger partial charge in [0.05, 0.1) is 6.07 Å². The Bertz CT molecular complexity index is 460. The Morgan fingerprint density at radius 1 is 1.21 bits per heavy atom. The van der Waals surface area contributed by atoms with Crippen LogP contribution in [0.4, 0.5) is 8.78 Å². The molecule has 0 bridgehead atoms. The van der Waals surface area contributed by atoms with Crippen molar-refractivity contribution in [3.05, 3.63) is 35.4 Å². The van der Waals surface area contributed by atoms with Crippen LogP contribution in [0.1, 0.15) is 31.2 Å². The maximum Gasteiger partial charge on any atom is 0.126 e. The normalized spacial score (nSPS) is 23.0. The highest BCUT2D eigenvalue weighted by atomic mass is 19.1. The van der Waals surface area contributed by atoms with E-state index in [0.29, 0.717) is 24.6 Å². The minimum absolute atomic E-state index is 0.193. The van der Waals surface area contributed by atoms with Crippen LogP contribution in [0.15, 0.2) is 18.2 Å². The average molecular weight is 264 g/mol. The van der Waals surface area contributed by atoms with Crippen LogP contribution in [0.5, 0.6) is 0 Å². The van der Waals surface area contributed by atoms with Gasteiger partial charge in [0.25, 0.3) is 0 Å². The van der Waals surface area contributed by atoms with E-state index in [1.54, 1.807) is 0 Å². The Morgan fingerprint density at radius 3 is 2.63 bits per heavy atom. The zero-order chi connectivity index (χ0) is 13.7. The van der Waals surface area contributed by atoms with E-state index in [1.807, 2.05) is 0 Å². The molecule has 0 unspecified atom stereocenters. The van der Waals surface area contributed by atoms with Crippen LogP contribution in [0, 0.1) is 28.9 Å². The minimum Gasteiger partial charge on any atom is -0.314 e. The first-order chi connectivity index (χ1) is 9.19. The lowest BCUT2D eigenvalue weighted by atomic mass is 9.87. The molecule has 1 saturated carbocycles. The Morgan fingerprint density at radius 2 is 1.95 bits per heavy atom. The molecule has 19 heavy (non-hydrogen) atoms. The lowest BCUT2D eigenvalue weighted by Gasteiger charge is -2.25. The smallest absolute Gasteiger partial charge is 0.126 e. The molecule has 1 aromatic carbocycles. The van der Waals surface area contributed by atoms with Gasteiger partial charge in [-0.3, -0.25) is 0 Å². The Balaban J connectivity index is 1.75. The zero-order valence-electron chi connectivity index (χ0n) is 10.8. The molecule has 0 aliphatic heterocycles. The molecule has 0 heterocycles. The van der Waals surface area contributed by atoms with Crippen LogP contribution in [-0.4, -0.2) is 12.6 Å². The molecule has 102 valence electrons. The number of rotatable bonds is 4. The number of nitrogens with zero attached hydrogens (tertiary/aromatic N) is 1. The second-order valence-electron chi connectivity index (χ2n) is 5.12. The maximum atomic E-state index is 13.4. The molecule has 2 rings (SSSR count). The summed E-state index contributed by atoms with van der Waals surface area (Å²) >= 11 is 0. The molecule has 0 saturated heterocycles. The molecule has 0 aromatic heterocycles. The van der Waals surface area contributed by atoms with Crippen molar-refractivity contribution < 1.29 is 8.78 Å². The van der Waals surface area contributed by atoms with E-state index in [9.17, 15) is 8.78 Å². The fraction of sp³-hybridized carbons (Fsp3) is 0.533. The van der Waals surface area contributed by atoms with Crippen molar-refractivity contribution in [3.63, 3.8) is 0 Å². The van der Waals surface area contributed by atoms with Gasteiger partial charge in [-0.2, -0.15) is 5.26 Å². The summed E-state index contributed by atoms with van der Waals surface area (Å²) in [6, 6.07) is 6.26. The van der Waals surface area contributed by atoms with Crippen molar-refractivity contribution in [2.45, 2.75) is 38.1 Å². The third kappa shape index (κ3) is 4.00. The predicted molar refractivity (Wildman–Crippen MR) is 69.4 cm³/mol. The predicted octanol–water partition coefficient (Wildman–Crippen LogP) is 3.18. The number of halogens is 2. The van der Waals surface area contributed by atoms with Gasteiger partial charge in [-0.05, 0) is 62.4 Å². The fourth-order valence-electron chi connectivity index (χ4n) is 2.57. The molecule has 0 spiro atoms. The van der Waals surface area contributed by atoms with E-state index in [4.69, 9.17) is 5.26 Å². The molecule has 0 radical (unpaired) electrons. The van der Waals surface area contributed by atoms with Gasteiger partial charge in [0.15, 0.2) is 0 Å². The summed E-state index contributed by atoms with van der Waals surface area (Å²) in [6.45, 7) is 0.641. The topological polar surface area (TPSA) is 35.8 Å². The van der Waals surface area contributed by atoms with Crippen LogP contribution in [0.2, 0.25) is 0 Å². The van der Waals surface area contributed by atoms with E-state index in [1.165, 1.54) is 12.1 Å². The zero-order valence-corrected chi connectivity index (χ0v) is 10.8. The number of nitriles is 1. The first-order valence-electron chi connectivity index (χ1n) is 6.76. The van der Waals surface area contributed by atoms with Crippen LogP contribution in [-0.2, 0) is 6.42 Å². The molecule has 4 heteroatoms. The van der Waals surface area contributed by atoms with Crippen LogP contribution in [0.3, 0.4) is 0 Å². The second kappa shape index (κ2) is 6.63. The Labute approximate surface area is 112 Å². The summed E-state index contributed by atoms with van der Waals surface area (Å²) < 4.78 is 26.4. The summed E-state index contributed by atoms with van der Waals surface area (Å²) in [6.07, 6.45) is 4.33. The molecular weight excluding hydrogens is 246 g/mol. The SMILES string of the molecule is N#CC1CCC(NCCc2cc(F)ccc2F)CC1. The molecule has 0 amide bonds. The molecule has 0 atom stereocenters. The van der Waals surface area contributed by atoms with Crippen molar-refractivity contribution >= 4 is 0 Å². The highest BCUT2D eigenvalue weighted by molar-refractivity contribution is 5.19. The van der Waals surface area contributed by atoms with E-state index < -0.39 is 5.82 Å². The second-order valence-corrected chi connectivity index (χ2v) is 5.12. The van der Waals surface area contributed by atoms with Gasteiger partial charge < -0.3 is 5.32 Å². The molecule has 1 aliphatic carbocycles. The van der Waals surface area contributed by atoms with Gasteiger partial charge in [0.2, 0.25) is 0 Å². The Kier molecular flexibility index (Phi) is 4.86. The van der Waals surface area contributed by atoms with E-state index in [2.05, 4.69) is 11.4 Å². The fourth-order valence-corrected chi connectivity index (χ4v) is 2.57. The van der Waals surface area contributed by atoms with Crippen LogP contribution < -0.4 is 5.32 Å². The van der Waals surface area contributed by atoms with Gasteiger partial charge in [0, 0.05) is 12.0 Å². The minimum atomic E-state index is -0.397. The van der Waals surface area contributed by atoms with Gasteiger partial charge in [0.1, 0.15) is 11.6 Å². The van der Waals surface area contributed by atoms with Crippen molar-refractivity contribution in [2.75, 3.05) is 6.54 Å². The molecule has 2 nitrogen and oxygen atoms in total. The number of hydrogen-bond acceptors (Lipinski definition) is 2. The largest absolute Gasteiger partial charge is 0.314 e. The lowest BCUT2D eigenvalue weighted by Crippen LogP contribution is -2.34. The average Bonchev–Trinajstić information content (AvgIpc) is 2.43. The Hall–Kier alpha value is -1.47. The molecule has 1 aromatic rings. The molecule has 1 N–H and O–H groups in total. The monoisotopic (exact) mass is 264 g/mol. The van der Waals surface area contributed by atoms with Gasteiger partial charge in [-0.15, -0.1) is 0 Å². The quantitative estimate of drug-likeness (QED) is 0.906. The first kappa shape index (κ1) is 14.0. The van der Waals surface area contributed by atoms with Gasteiger partial charge >= 0.3 is 0 Å². The van der Waals surface area contributed by atoms with Crippen molar-refractivity contribution in [1.82, 2.24) is 5.32 Å². The third-order valence-electron chi connectivity index (χ3n) is 3.74. The van der Waals surface area contributed by atoms with E-state index >= 15 is 0 Å². The number of hydrogen-bond donors (Lipinski definition) is 1. The van der Waals surface area contributed by atoms with E-state index in [-0.39, 0.29) is 11.7 Å². The van der Waals surface area contributed by atoms with Crippen molar-refractivity contribution in [3.8, 4) is 6.07 Å². The number of benzene rings is 1. The summed E-state index contributed by atoms with van der Waals surface area (Å²) in [7, 11) is 0. The van der Waals surface area contributed by atoms with Crippen LogP contribution >= 0.6 is 0 Å². The summed E-state index contributed by atoms with van der Waals surface area (Å²) in [4.78, 5) is 0. The van der Waals surface area contributed by atoms with Crippen molar-refractivity contribution in [2.24, 2.45) is 5.92 Å². The molecular formula is C15H18F2N2. The highest BCUT2D eigenvalue weighted by Crippen LogP contribution is 2.23. The maximum absolute atomic E-state index is 13.4. The van der Waals surface area contributed by atoms with Crippen molar-refractivity contribution in [1.29, 1.82) is 5.26 Å². The third-order valence-corrected chi connectivity index (χ3v) is 3.74. The first-order valence-corrected chi connectivity index (χ1v) is 6.76. The number of nitrogens with one attached hydrogen (secondary N) is 1. The molecule has 1 aliphatic rings. The summed E-state index contributed by atoms with van der Waals surface area (Å²) in [5.74, 6) is -0.555. The van der Waals surface area contributed by atoms with Gasteiger partial charge in [-0.1, -0.05) is 0 Å². The van der Waals surface area contributed by atoms with Crippen LogP contribution in [0.25, 0.3) is 0 Å². The summed E-state index contributed by atoms with van der Waals surface area (Å²) in [5, 5.41) is 12.2. The highest BCUT2D eigenvalue weighted by Gasteiger charge is 2.20. The van der Waals surface area contributed by atoms with E-state index in [0.717, 1.165) is 31.7 Å². The summed E-state index contributed by atoms with van der Waals surface area (Å²) in [5.41, 5.74) is 0.415. The standard InChI is InChI=1S/C15H18F2N2/c16-13-3-6-15(17)12(9-13)7-8-19-14-4-1-11(10-18)2-5-14/h3,6,9,11,14,19H,1-2,4-5,7-8H2. The van der Waals surface area contributed by atoms with Gasteiger partial charge in [-0.25, -0.2) is 8.78 Å². The lowest BCUT2D eigenvalue weighted by molar-refractivity contribution is 0.333. The molecule has 1 fully saturated rings.